The van der Waals surface area contributed by atoms with Crippen molar-refractivity contribution in [1.29, 1.82) is 0 Å². The number of halogens is 6. The van der Waals surface area contributed by atoms with E-state index in [0.717, 1.165) is 18.7 Å². The second kappa shape index (κ2) is 8.39. The average Bonchev–Trinajstić information content (AvgIpc) is 3.37. The first-order valence-corrected chi connectivity index (χ1v) is 9.18. The molecule has 0 bridgehead atoms. The lowest BCUT2D eigenvalue weighted by molar-refractivity contribution is -0.192. The number of rotatable bonds is 3. The molecule has 3 rings (SSSR count). The maximum Gasteiger partial charge on any atom is 0.490 e. The first-order valence-electron chi connectivity index (χ1n) is 9.18. The summed E-state index contributed by atoms with van der Waals surface area (Å²) in [5, 5.41) is 9.26. The fourth-order valence-corrected chi connectivity index (χ4v) is 2.85. The number of aromatic nitrogens is 2. The van der Waals surface area contributed by atoms with Crippen LogP contribution in [-0.2, 0) is 4.79 Å². The molecule has 2 aromatic heterocycles. The highest BCUT2D eigenvalue weighted by molar-refractivity contribution is 5.99. The number of carboxylic acid groups (broad SMARTS) is 1. The van der Waals surface area contributed by atoms with E-state index in [9.17, 15) is 31.1 Å². The molecule has 31 heavy (non-hydrogen) atoms. The molecule has 1 fully saturated rings. The van der Waals surface area contributed by atoms with Gasteiger partial charge in [0.1, 0.15) is 11.9 Å². The van der Waals surface area contributed by atoms with Crippen LogP contribution < -0.4 is 5.32 Å². The van der Waals surface area contributed by atoms with Gasteiger partial charge in [0.05, 0.1) is 5.52 Å². The van der Waals surface area contributed by atoms with Crippen molar-refractivity contribution < 1.29 is 41.0 Å². The van der Waals surface area contributed by atoms with Crippen LogP contribution in [0.25, 0.3) is 5.52 Å². The van der Waals surface area contributed by atoms with Gasteiger partial charge in [-0.3, -0.25) is 4.79 Å². The average molecular weight is 453 g/mol. The summed E-state index contributed by atoms with van der Waals surface area (Å²) in [4.78, 5) is 25.8. The Hall–Kier alpha value is -2.79. The molecule has 2 heterocycles. The summed E-state index contributed by atoms with van der Waals surface area (Å²) in [5.74, 6) is -2.52. The molecule has 1 amide bonds. The van der Waals surface area contributed by atoms with Crippen LogP contribution in [0.2, 0.25) is 0 Å². The molecule has 1 aliphatic rings. The summed E-state index contributed by atoms with van der Waals surface area (Å²) in [6.45, 7) is 4.35. The van der Waals surface area contributed by atoms with Gasteiger partial charge in [-0.2, -0.15) is 26.3 Å². The summed E-state index contributed by atoms with van der Waals surface area (Å²) < 4.78 is 73.5. The van der Waals surface area contributed by atoms with Crippen molar-refractivity contribution in [3.8, 4) is 0 Å². The number of imidazole rings is 1. The van der Waals surface area contributed by atoms with Gasteiger partial charge < -0.3 is 14.8 Å². The van der Waals surface area contributed by atoms with Gasteiger partial charge in [0, 0.05) is 12.1 Å². The molecule has 1 atom stereocenters. The molecule has 0 aliphatic heterocycles. The lowest BCUT2D eigenvalue weighted by atomic mass is 9.86. The number of aliphatic carboxylic acids is 1. The summed E-state index contributed by atoms with van der Waals surface area (Å²) in [6, 6.07) is 3.32. The fourth-order valence-electron chi connectivity index (χ4n) is 2.85. The van der Waals surface area contributed by atoms with Crippen LogP contribution in [-0.4, -0.2) is 44.8 Å². The number of carbonyl (C=O) groups excluding carboxylic acids is 1. The minimum absolute atomic E-state index is 0.0519. The first kappa shape index (κ1) is 24.5. The number of nitrogens with zero attached hydrogens (tertiary/aromatic N) is 2. The molecular formula is C19H21F6N3O3. The molecule has 0 unspecified atom stereocenters. The van der Waals surface area contributed by atoms with Gasteiger partial charge >= 0.3 is 18.3 Å². The van der Waals surface area contributed by atoms with Gasteiger partial charge in [0.15, 0.2) is 5.69 Å². The molecule has 1 saturated carbocycles. The molecule has 12 heteroatoms. The molecule has 0 aromatic carbocycles. The van der Waals surface area contributed by atoms with Crippen molar-refractivity contribution in [1.82, 2.24) is 14.7 Å². The lowest BCUT2D eigenvalue weighted by Gasteiger charge is -2.32. The Morgan fingerprint density at radius 2 is 1.68 bits per heavy atom. The Balaban J connectivity index is 0.000000423. The highest BCUT2D eigenvalue weighted by atomic mass is 19.4. The molecule has 2 N–H and O–H groups in total. The van der Waals surface area contributed by atoms with E-state index in [1.54, 1.807) is 22.7 Å². The minimum atomic E-state index is -5.08. The van der Waals surface area contributed by atoms with Crippen LogP contribution in [0.15, 0.2) is 24.4 Å². The third-order valence-electron chi connectivity index (χ3n) is 4.44. The van der Waals surface area contributed by atoms with Gasteiger partial charge in [-0.1, -0.05) is 26.8 Å². The quantitative estimate of drug-likeness (QED) is 0.668. The van der Waals surface area contributed by atoms with Gasteiger partial charge in [0.2, 0.25) is 0 Å². The maximum absolute atomic E-state index is 13.3. The Morgan fingerprint density at radius 1 is 1.13 bits per heavy atom. The fraction of sp³-hybridized carbons (Fsp3) is 0.526. The topological polar surface area (TPSA) is 83.7 Å². The summed E-state index contributed by atoms with van der Waals surface area (Å²) in [5.41, 5.74) is -0.564. The third kappa shape index (κ3) is 6.11. The Morgan fingerprint density at radius 3 is 2.10 bits per heavy atom. The zero-order chi connectivity index (χ0) is 23.8. The normalized spacial score (nSPS) is 15.8. The van der Waals surface area contributed by atoms with Crippen molar-refractivity contribution in [2.45, 2.75) is 57.9 Å². The molecule has 0 radical (unpaired) electrons. The highest BCUT2D eigenvalue weighted by Gasteiger charge is 2.48. The number of hydrogen-bond donors (Lipinski definition) is 2. The third-order valence-corrected chi connectivity index (χ3v) is 4.44. The molecule has 1 aliphatic carbocycles. The van der Waals surface area contributed by atoms with E-state index in [4.69, 9.17) is 9.90 Å². The standard InChI is InChI=1S/C17H20F3N3O.C2HF3O2/c1-16(2,3)15(17(18,19)20)22-14(24)12-11-6-4-5-9-23(11)13(21-12)10-7-8-10;3-2(4,5)1(6)7/h4-6,9-10,15H,7-8H2,1-3H3,(H,22,24);(H,6,7)/t15-;/m0./s1. The number of carboxylic acids is 1. The van der Waals surface area contributed by atoms with E-state index in [-0.39, 0.29) is 11.6 Å². The molecule has 2 aromatic rings. The molecule has 0 saturated heterocycles. The van der Waals surface area contributed by atoms with Crippen LogP contribution >= 0.6 is 0 Å². The van der Waals surface area contributed by atoms with Crippen LogP contribution in [0.1, 0.15) is 55.8 Å². The second-order valence-corrected chi connectivity index (χ2v) is 8.17. The number of alkyl halides is 6. The molecule has 0 spiro atoms. The SMILES string of the molecule is CC(C)(C)[C@H](NC(=O)c1nc(C2CC2)n2ccccc12)C(F)(F)F.O=C(O)C(F)(F)F. The number of amides is 1. The molecule has 6 nitrogen and oxygen atoms in total. The van der Waals surface area contributed by atoms with Gasteiger partial charge in [-0.15, -0.1) is 0 Å². The molecule has 172 valence electrons. The number of nitrogens with one attached hydrogen (secondary N) is 1. The maximum atomic E-state index is 13.3. The highest BCUT2D eigenvalue weighted by Crippen LogP contribution is 2.40. The largest absolute Gasteiger partial charge is 0.490 e. The zero-order valence-corrected chi connectivity index (χ0v) is 16.8. The zero-order valence-electron chi connectivity index (χ0n) is 16.8. The van der Waals surface area contributed by atoms with Gasteiger partial charge in [-0.05, 0) is 30.4 Å². The summed E-state index contributed by atoms with van der Waals surface area (Å²) >= 11 is 0. The number of hydrogen-bond acceptors (Lipinski definition) is 3. The predicted molar refractivity (Wildman–Crippen MR) is 97.6 cm³/mol. The van der Waals surface area contributed by atoms with Crippen LogP contribution in [0.3, 0.4) is 0 Å². The Kier molecular flexibility index (Phi) is 6.62. The van der Waals surface area contributed by atoms with Crippen LogP contribution in [0.5, 0.6) is 0 Å². The monoisotopic (exact) mass is 453 g/mol. The van der Waals surface area contributed by atoms with Crippen LogP contribution in [0.4, 0.5) is 26.3 Å². The number of fused-ring (bicyclic) bond motifs is 1. The predicted octanol–water partition coefficient (Wildman–Crippen LogP) is 4.55. The van der Waals surface area contributed by atoms with Crippen molar-refractivity contribution in [3.63, 3.8) is 0 Å². The van der Waals surface area contributed by atoms with Gasteiger partial charge in [0.25, 0.3) is 5.91 Å². The minimum Gasteiger partial charge on any atom is -0.475 e. The summed E-state index contributed by atoms with van der Waals surface area (Å²) in [7, 11) is 0. The number of pyridine rings is 1. The lowest BCUT2D eigenvalue weighted by Crippen LogP contribution is -2.53. The van der Waals surface area contributed by atoms with Crippen molar-refractivity contribution in [2.75, 3.05) is 0 Å². The van der Waals surface area contributed by atoms with Gasteiger partial charge in [-0.25, -0.2) is 9.78 Å². The van der Waals surface area contributed by atoms with E-state index in [0.29, 0.717) is 5.52 Å². The van der Waals surface area contributed by atoms with Crippen LogP contribution in [0, 0.1) is 5.41 Å². The Labute approximate surface area is 173 Å². The van der Waals surface area contributed by atoms with E-state index in [2.05, 4.69) is 10.3 Å². The smallest absolute Gasteiger partial charge is 0.475 e. The first-order chi connectivity index (χ1) is 14.0. The van der Waals surface area contributed by atoms with E-state index >= 15 is 0 Å². The Bertz CT molecular complexity index is 941. The van der Waals surface area contributed by atoms with E-state index in [1.807, 2.05) is 6.07 Å². The van der Waals surface area contributed by atoms with Crippen molar-refractivity contribution >= 4 is 17.4 Å². The van der Waals surface area contributed by atoms with Crippen molar-refractivity contribution in [3.05, 3.63) is 35.9 Å². The van der Waals surface area contributed by atoms with E-state index in [1.165, 1.54) is 20.8 Å². The second-order valence-electron chi connectivity index (χ2n) is 8.17. The van der Waals surface area contributed by atoms with E-state index < -0.39 is 35.7 Å². The summed E-state index contributed by atoms with van der Waals surface area (Å²) in [6.07, 6.45) is -5.84. The van der Waals surface area contributed by atoms with Crippen molar-refractivity contribution in [2.24, 2.45) is 5.41 Å². The molecular weight excluding hydrogens is 432 g/mol. The number of carbonyl (C=O) groups is 2.